The quantitative estimate of drug-likeness (QED) is 0.340. The molecule has 0 aromatic rings. The molecule has 5 heteroatoms. The molecule has 0 radical (unpaired) electrons. The second-order valence-electron chi connectivity index (χ2n) is 2.33. The van der Waals surface area contributed by atoms with E-state index in [9.17, 15) is 13.2 Å². The van der Waals surface area contributed by atoms with Crippen molar-refractivity contribution < 1.29 is 17.4 Å². The Morgan fingerprint density at radius 3 is 2.50 bits per heavy atom. The molecule has 0 N–H and O–H groups in total. The summed E-state index contributed by atoms with van der Waals surface area (Å²) in [5.41, 5.74) is 0. The van der Waals surface area contributed by atoms with Crippen molar-refractivity contribution in [3.8, 4) is 0 Å². The highest BCUT2D eigenvalue weighted by atomic mass is 32.2. The lowest BCUT2D eigenvalue weighted by atomic mass is 10.3. The number of unbranched alkanes of at least 4 members (excludes halogenated alkanes) is 2. The molecule has 0 atom stereocenters. The minimum Gasteiger partial charge on any atom is -0.303 e. The maximum Gasteiger partial charge on any atom is 0.267 e. The Hall–Kier alpha value is -0.420. The largest absolute Gasteiger partial charge is 0.303 e. The van der Waals surface area contributed by atoms with E-state index in [4.69, 9.17) is 0 Å². The molecule has 0 unspecified atom stereocenters. The van der Waals surface area contributed by atoms with Gasteiger partial charge in [-0.1, -0.05) is 0 Å². The fraction of sp³-hybridized carbons (Fsp3) is 0.857. The van der Waals surface area contributed by atoms with E-state index in [1.165, 1.54) is 0 Å². The predicted molar refractivity (Wildman–Crippen MR) is 45.3 cm³/mol. The van der Waals surface area contributed by atoms with E-state index in [1.807, 2.05) is 0 Å². The first-order valence-electron chi connectivity index (χ1n) is 3.93. The Balaban J connectivity index is 3.54. The van der Waals surface area contributed by atoms with Gasteiger partial charge in [0, 0.05) is 6.42 Å². The minimum atomic E-state index is -3.33. The molecule has 0 aliphatic heterocycles. The van der Waals surface area contributed by atoms with Crippen LogP contribution in [0.4, 0.5) is 0 Å². The van der Waals surface area contributed by atoms with Gasteiger partial charge in [-0.3, -0.25) is 4.18 Å². The molecular formula is C7H14O4S. The van der Waals surface area contributed by atoms with Crippen molar-refractivity contribution >= 4 is 16.4 Å². The van der Waals surface area contributed by atoms with Gasteiger partial charge in [0.05, 0.1) is 12.4 Å². The average molecular weight is 194 g/mol. The summed E-state index contributed by atoms with van der Waals surface area (Å²) in [7, 11) is -3.33. The summed E-state index contributed by atoms with van der Waals surface area (Å²) in [6.45, 7) is 1.80. The molecule has 0 spiro atoms. The van der Waals surface area contributed by atoms with Crippen LogP contribution in [0.15, 0.2) is 0 Å². The van der Waals surface area contributed by atoms with E-state index in [0.717, 1.165) is 6.29 Å². The maximum atomic E-state index is 10.9. The molecule has 4 nitrogen and oxygen atoms in total. The maximum absolute atomic E-state index is 10.9. The molecule has 0 aliphatic carbocycles. The van der Waals surface area contributed by atoms with Crippen LogP contribution in [-0.2, 0) is 19.1 Å². The van der Waals surface area contributed by atoms with Gasteiger partial charge in [0.15, 0.2) is 0 Å². The van der Waals surface area contributed by atoms with Crippen molar-refractivity contribution in [3.63, 3.8) is 0 Å². The van der Waals surface area contributed by atoms with Crippen molar-refractivity contribution in [2.75, 3.05) is 12.4 Å². The Labute approximate surface area is 73.0 Å². The summed E-state index contributed by atoms with van der Waals surface area (Å²) in [6, 6.07) is 0. The van der Waals surface area contributed by atoms with Crippen LogP contribution in [0.25, 0.3) is 0 Å². The van der Waals surface area contributed by atoms with E-state index in [0.29, 0.717) is 19.3 Å². The lowest BCUT2D eigenvalue weighted by Gasteiger charge is -2.01. The highest BCUT2D eigenvalue weighted by Gasteiger charge is 2.08. The lowest BCUT2D eigenvalue weighted by molar-refractivity contribution is -0.107. The van der Waals surface area contributed by atoms with Gasteiger partial charge in [-0.2, -0.15) is 8.42 Å². The Bertz CT molecular complexity index is 207. The van der Waals surface area contributed by atoms with Gasteiger partial charge in [-0.05, 0) is 19.8 Å². The molecule has 0 aromatic heterocycles. The van der Waals surface area contributed by atoms with Crippen LogP contribution in [0.2, 0.25) is 0 Å². The Morgan fingerprint density at radius 1 is 1.33 bits per heavy atom. The third-order valence-electron chi connectivity index (χ3n) is 1.26. The van der Waals surface area contributed by atoms with Crippen LogP contribution >= 0.6 is 0 Å². The van der Waals surface area contributed by atoms with Gasteiger partial charge in [0.1, 0.15) is 6.29 Å². The first-order valence-corrected chi connectivity index (χ1v) is 5.51. The van der Waals surface area contributed by atoms with Crippen molar-refractivity contribution in [1.29, 1.82) is 0 Å². The van der Waals surface area contributed by atoms with Crippen LogP contribution in [0, 0.1) is 0 Å². The first-order chi connectivity index (χ1) is 5.62. The third kappa shape index (κ3) is 6.30. The van der Waals surface area contributed by atoms with Crippen LogP contribution in [0.1, 0.15) is 26.2 Å². The molecule has 72 valence electrons. The average Bonchev–Trinajstić information content (AvgIpc) is 1.98. The highest BCUT2D eigenvalue weighted by Crippen LogP contribution is 2.00. The number of aldehydes is 1. The molecule has 12 heavy (non-hydrogen) atoms. The number of rotatable bonds is 7. The lowest BCUT2D eigenvalue weighted by Crippen LogP contribution is -2.10. The zero-order valence-corrected chi connectivity index (χ0v) is 7.97. The zero-order valence-electron chi connectivity index (χ0n) is 7.15. The van der Waals surface area contributed by atoms with Crippen molar-refractivity contribution in [3.05, 3.63) is 0 Å². The number of hydrogen-bond donors (Lipinski definition) is 0. The first kappa shape index (κ1) is 11.6. The van der Waals surface area contributed by atoms with Gasteiger partial charge in [-0.15, -0.1) is 0 Å². The Kier molecular flexibility index (Phi) is 5.92. The summed E-state index contributed by atoms with van der Waals surface area (Å²) in [6.07, 6.45) is 2.30. The van der Waals surface area contributed by atoms with Gasteiger partial charge < -0.3 is 4.79 Å². The van der Waals surface area contributed by atoms with Crippen LogP contribution < -0.4 is 0 Å². The molecule has 0 rings (SSSR count). The van der Waals surface area contributed by atoms with Gasteiger partial charge in [0.25, 0.3) is 10.1 Å². The normalized spacial score (nSPS) is 11.4. The van der Waals surface area contributed by atoms with Gasteiger partial charge in [0.2, 0.25) is 0 Å². The van der Waals surface area contributed by atoms with E-state index < -0.39 is 10.1 Å². The molecule has 0 bridgehead atoms. The smallest absolute Gasteiger partial charge is 0.267 e. The van der Waals surface area contributed by atoms with Crippen LogP contribution in [0.3, 0.4) is 0 Å². The Morgan fingerprint density at radius 2 is 2.00 bits per heavy atom. The number of carbonyl (C=O) groups is 1. The zero-order chi connectivity index (χ0) is 9.45. The molecular weight excluding hydrogens is 180 g/mol. The summed E-state index contributed by atoms with van der Waals surface area (Å²) in [5, 5.41) is 0. The van der Waals surface area contributed by atoms with Crippen molar-refractivity contribution in [1.82, 2.24) is 0 Å². The predicted octanol–water partition coefficient (Wildman–Crippen LogP) is 0.722. The molecule has 0 heterocycles. The van der Waals surface area contributed by atoms with Crippen molar-refractivity contribution in [2.24, 2.45) is 0 Å². The molecule has 0 saturated heterocycles. The monoisotopic (exact) mass is 194 g/mol. The number of carbonyl (C=O) groups excluding carboxylic acids is 1. The fourth-order valence-corrected chi connectivity index (χ4v) is 1.78. The third-order valence-corrected chi connectivity index (χ3v) is 2.65. The van der Waals surface area contributed by atoms with E-state index in [1.54, 1.807) is 6.92 Å². The highest BCUT2D eigenvalue weighted by molar-refractivity contribution is 7.86. The van der Waals surface area contributed by atoms with Crippen LogP contribution in [0.5, 0.6) is 0 Å². The molecule has 0 amide bonds. The summed E-state index contributed by atoms with van der Waals surface area (Å²) in [5.74, 6) is 0.00861. The molecule has 0 aliphatic rings. The standard InChI is InChI=1S/C7H14O4S/c1-2-11-12(9,10)7-5-3-4-6-8/h6H,2-5,7H2,1H3. The number of hydrogen-bond acceptors (Lipinski definition) is 4. The van der Waals surface area contributed by atoms with E-state index in [2.05, 4.69) is 4.18 Å². The summed E-state index contributed by atoms with van der Waals surface area (Å²) >= 11 is 0. The molecule has 0 saturated carbocycles. The van der Waals surface area contributed by atoms with E-state index in [-0.39, 0.29) is 12.4 Å². The van der Waals surface area contributed by atoms with Crippen molar-refractivity contribution in [2.45, 2.75) is 26.2 Å². The topological polar surface area (TPSA) is 60.4 Å². The minimum absolute atomic E-state index is 0.00861. The summed E-state index contributed by atoms with van der Waals surface area (Å²) < 4.78 is 26.3. The van der Waals surface area contributed by atoms with Gasteiger partial charge in [-0.25, -0.2) is 0 Å². The van der Waals surface area contributed by atoms with E-state index >= 15 is 0 Å². The SMILES string of the molecule is CCOS(=O)(=O)CCCCC=O. The van der Waals surface area contributed by atoms with Gasteiger partial charge >= 0.3 is 0 Å². The van der Waals surface area contributed by atoms with Crippen LogP contribution in [-0.4, -0.2) is 27.1 Å². The molecule has 0 aromatic carbocycles. The fourth-order valence-electron chi connectivity index (χ4n) is 0.745. The molecule has 0 fully saturated rings. The summed E-state index contributed by atoms with van der Waals surface area (Å²) in [4.78, 5) is 9.87. The second-order valence-corrected chi connectivity index (χ2v) is 4.09. The second kappa shape index (κ2) is 6.14.